The molecule has 0 aliphatic carbocycles. The van der Waals surface area contributed by atoms with Crippen molar-refractivity contribution in [1.82, 2.24) is 5.32 Å². The average Bonchev–Trinajstić information content (AvgIpc) is 2.38. The van der Waals surface area contributed by atoms with Gasteiger partial charge in [-0.05, 0) is 37.0 Å². The fraction of sp³-hybridized carbons (Fsp3) is 0.533. The van der Waals surface area contributed by atoms with Gasteiger partial charge in [-0.2, -0.15) is 0 Å². The molecule has 18 heavy (non-hydrogen) atoms. The highest BCUT2D eigenvalue weighted by Crippen LogP contribution is 2.11. The molecule has 0 heterocycles. The van der Waals surface area contributed by atoms with Crippen LogP contribution in [-0.4, -0.2) is 11.9 Å². The minimum atomic E-state index is -0.0160. The quantitative estimate of drug-likeness (QED) is 0.776. The van der Waals surface area contributed by atoms with Crippen LogP contribution in [0.25, 0.3) is 0 Å². The van der Waals surface area contributed by atoms with Crippen molar-refractivity contribution in [1.29, 1.82) is 0 Å². The van der Waals surface area contributed by atoms with Gasteiger partial charge in [0.25, 0.3) is 5.91 Å². The topological polar surface area (TPSA) is 29.1 Å². The predicted molar refractivity (Wildman–Crippen MR) is 77.0 cm³/mol. The van der Waals surface area contributed by atoms with E-state index in [0.717, 1.165) is 18.4 Å². The van der Waals surface area contributed by atoms with Gasteiger partial charge in [0.05, 0.1) is 0 Å². The largest absolute Gasteiger partial charge is 0.350 e. The smallest absolute Gasteiger partial charge is 0.251 e. The van der Waals surface area contributed by atoms with Gasteiger partial charge >= 0.3 is 0 Å². The van der Waals surface area contributed by atoms with Crippen LogP contribution in [-0.2, 0) is 5.88 Å². The molecule has 2 nitrogen and oxygen atoms in total. The maximum atomic E-state index is 12.0. The molecule has 1 rings (SSSR count). The van der Waals surface area contributed by atoms with Gasteiger partial charge in [-0.3, -0.25) is 4.79 Å². The summed E-state index contributed by atoms with van der Waals surface area (Å²) in [5.74, 6) is 1.05. The summed E-state index contributed by atoms with van der Waals surface area (Å²) in [5.41, 5.74) is 1.66. The van der Waals surface area contributed by atoms with Crippen molar-refractivity contribution in [3.63, 3.8) is 0 Å². The molecule has 1 aromatic carbocycles. The molecule has 1 aromatic rings. The summed E-state index contributed by atoms with van der Waals surface area (Å²) in [6.07, 6.45) is 2.15. The molecule has 100 valence electrons. The number of carbonyl (C=O) groups is 1. The van der Waals surface area contributed by atoms with Crippen molar-refractivity contribution >= 4 is 17.5 Å². The Balaban J connectivity index is 2.58. The molecular formula is C15H22ClNO. The Labute approximate surface area is 115 Å². The fourth-order valence-corrected chi connectivity index (χ4v) is 2.10. The predicted octanol–water partition coefficient (Wildman–Crippen LogP) is 3.98. The first kappa shape index (κ1) is 15.0. The molecule has 0 aliphatic heterocycles. The minimum absolute atomic E-state index is 0.0160. The summed E-state index contributed by atoms with van der Waals surface area (Å²) in [4.78, 5) is 12.0. The SMILES string of the molecule is CCC(C)CC(C)NC(=O)c1cccc(CCl)c1. The third-order valence-corrected chi connectivity index (χ3v) is 3.48. The lowest BCUT2D eigenvalue weighted by molar-refractivity contribution is 0.0935. The van der Waals surface area contributed by atoms with Crippen molar-refractivity contribution in [3.8, 4) is 0 Å². The second-order valence-electron chi connectivity index (χ2n) is 4.96. The molecule has 2 unspecified atom stereocenters. The first-order valence-corrected chi connectivity index (χ1v) is 7.06. The third kappa shape index (κ3) is 4.69. The zero-order valence-corrected chi connectivity index (χ0v) is 12.1. The maximum absolute atomic E-state index is 12.0. The normalized spacial score (nSPS) is 14.0. The van der Waals surface area contributed by atoms with Crippen LogP contribution >= 0.6 is 11.6 Å². The molecule has 0 bridgehead atoms. The highest BCUT2D eigenvalue weighted by atomic mass is 35.5. The highest BCUT2D eigenvalue weighted by Gasteiger charge is 2.12. The molecule has 0 saturated carbocycles. The van der Waals surface area contributed by atoms with Gasteiger partial charge in [0, 0.05) is 17.5 Å². The summed E-state index contributed by atoms with van der Waals surface area (Å²) in [6, 6.07) is 7.66. The second-order valence-corrected chi connectivity index (χ2v) is 5.22. The van der Waals surface area contributed by atoms with Crippen LogP contribution in [0.3, 0.4) is 0 Å². The number of carbonyl (C=O) groups excluding carboxylic acids is 1. The lowest BCUT2D eigenvalue weighted by Gasteiger charge is -2.17. The Bertz CT molecular complexity index is 392. The number of benzene rings is 1. The maximum Gasteiger partial charge on any atom is 0.251 e. The highest BCUT2D eigenvalue weighted by molar-refractivity contribution is 6.17. The van der Waals surface area contributed by atoms with Crippen LogP contribution in [0.1, 0.15) is 49.5 Å². The van der Waals surface area contributed by atoms with Crippen molar-refractivity contribution in [2.75, 3.05) is 0 Å². The van der Waals surface area contributed by atoms with Crippen molar-refractivity contribution in [2.45, 2.75) is 45.5 Å². The number of hydrogen-bond acceptors (Lipinski definition) is 1. The number of nitrogens with one attached hydrogen (secondary N) is 1. The van der Waals surface area contributed by atoms with Gasteiger partial charge in [-0.1, -0.05) is 32.4 Å². The molecule has 1 amide bonds. The zero-order chi connectivity index (χ0) is 13.5. The van der Waals surface area contributed by atoms with Crippen LogP contribution in [0, 0.1) is 5.92 Å². The number of rotatable bonds is 6. The van der Waals surface area contributed by atoms with E-state index in [2.05, 4.69) is 26.1 Å². The first-order chi connectivity index (χ1) is 8.56. The molecule has 2 atom stereocenters. The number of halogens is 1. The Hall–Kier alpha value is -1.02. The Morgan fingerprint density at radius 3 is 2.72 bits per heavy atom. The second kappa shape index (κ2) is 7.42. The molecule has 0 spiro atoms. The van der Waals surface area contributed by atoms with E-state index in [1.54, 1.807) is 0 Å². The molecule has 0 saturated heterocycles. The van der Waals surface area contributed by atoms with Gasteiger partial charge in [-0.15, -0.1) is 11.6 Å². The van der Waals surface area contributed by atoms with Crippen LogP contribution in [0.15, 0.2) is 24.3 Å². The van der Waals surface area contributed by atoms with Gasteiger partial charge in [0.2, 0.25) is 0 Å². The summed E-state index contributed by atoms with van der Waals surface area (Å²) in [5, 5.41) is 3.03. The number of alkyl halides is 1. The zero-order valence-electron chi connectivity index (χ0n) is 11.4. The third-order valence-electron chi connectivity index (χ3n) is 3.17. The van der Waals surface area contributed by atoms with E-state index in [1.807, 2.05) is 24.3 Å². The molecule has 0 radical (unpaired) electrons. The Morgan fingerprint density at radius 1 is 1.39 bits per heavy atom. The van der Waals surface area contributed by atoms with Gasteiger partial charge < -0.3 is 5.32 Å². The van der Waals surface area contributed by atoms with E-state index in [9.17, 15) is 4.79 Å². The van der Waals surface area contributed by atoms with E-state index < -0.39 is 0 Å². The van der Waals surface area contributed by atoms with E-state index in [0.29, 0.717) is 17.4 Å². The van der Waals surface area contributed by atoms with E-state index in [4.69, 9.17) is 11.6 Å². The Kier molecular flexibility index (Phi) is 6.20. The van der Waals surface area contributed by atoms with Crippen LogP contribution in [0.4, 0.5) is 0 Å². The van der Waals surface area contributed by atoms with Crippen LogP contribution in [0.2, 0.25) is 0 Å². The lowest BCUT2D eigenvalue weighted by Crippen LogP contribution is -2.33. The van der Waals surface area contributed by atoms with E-state index in [1.165, 1.54) is 0 Å². The average molecular weight is 268 g/mol. The summed E-state index contributed by atoms with van der Waals surface area (Å²) in [6.45, 7) is 6.43. The van der Waals surface area contributed by atoms with Crippen LogP contribution in [0.5, 0.6) is 0 Å². The van der Waals surface area contributed by atoms with Crippen molar-refractivity contribution in [3.05, 3.63) is 35.4 Å². The molecular weight excluding hydrogens is 246 g/mol. The van der Waals surface area contributed by atoms with Crippen molar-refractivity contribution in [2.24, 2.45) is 5.92 Å². The van der Waals surface area contributed by atoms with Crippen molar-refractivity contribution < 1.29 is 4.79 Å². The molecule has 0 aromatic heterocycles. The summed E-state index contributed by atoms with van der Waals surface area (Å²) in [7, 11) is 0. The van der Waals surface area contributed by atoms with E-state index >= 15 is 0 Å². The molecule has 0 aliphatic rings. The Morgan fingerprint density at radius 2 is 2.11 bits per heavy atom. The first-order valence-electron chi connectivity index (χ1n) is 6.52. The number of hydrogen-bond donors (Lipinski definition) is 1. The number of amides is 1. The van der Waals surface area contributed by atoms with Gasteiger partial charge in [0.15, 0.2) is 0 Å². The molecule has 3 heteroatoms. The van der Waals surface area contributed by atoms with E-state index in [-0.39, 0.29) is 11.9 Å². The molecule has 1 N–H and O–H groups in total. The summed E-state index contributed by atoms with van der Waals surface area (Å²) < 4.78 is 0. The van der Waals surface area contributed by atoms with Gasteiger partial charge in [-0.25, -0.2) is 0 Å². The van der Waals surface area contributed by atoms with Crippen LogP contribution < -0.4 is 5.32 Å². The lowest BCUT2D eigenvalue weighted by atomic mass is 10.00. The fourth-order valence-electron chi connectivity index (χ4n) is 1.93. The standard InChI is InChI=1S/C15H22ClNO/c1-4-11(2)8-12(3)17-15(18)14-7-5-6-13(9-14)10-16/h5-7,9,11-12H,4,8,10H2,1-3H3,(H,17,18). The minimum Gasteiger partial charge on any atom is -0.350 e. The van der Waals surface area contributed by atoms with Gasteiger partial charge in [0.1, 0.15) is 0 Å². The summed E-state index contributed by atoms with van der Waals surface area (Å²) >= 11 is 5.77. The monoisotopic (exact) mass is 267 g/mol. The molecule has 0 fully saturated rings.